The molecular weight excluding hydrogens is 513 g/mol. The van der Waals surface area contributed by atoms with Crippen molar-refractivity contribution in [3.8, 4) is 6.07 Å². The van der Waals surface area contributed by atoms with Gasteiger partial charge in [0.05, 0.1) is 12.0 Å². The van der Waals surface area contributed by atoms with Crippen LogP contribution in [0, 0.1) is 40.4 Å². The Balaban J connectivity index is 1.51. The number of carbonyl (C=O) groups is 4. The van der Waals surface area contributed by atoms with Crippen LogP contribution in [0.25, 0.3) is 0 Å². The minimum atomic E-state index is -5.05. The van der Waals surface area contributed by atoms with E-state index in [1.807, 2.05) is 0 Å². The molecule has 0 aromatic heterocycles. The van der Waals surface area contributed by atoms with Gasteiger partial charge in [-0.05, 0) is 62.2 Å². The summed E-state index contributed by atoms with van der Waals surface area (Å²) in [7, 11) is 0. The maximum Gasteiger partial charge on any atom is 0.449 e. The third-order valence-electron chi connectivity index (χ3n) is 9.32. The molecule has 0 aromatic carbocycles. The van der Waals surface area contributed by atoms with Crippen LogP contribution in [-0.4, -0.2) is 58.7 Å². The molecule has 8 nitrogen and oxygen atoms in total. The highest BCUT2D eigenvalue weighted by atomic mass is 19.4. The molecule has 2 N–H and O–H groups in total. The van der Waals surface area contributed by atoms with Gasteiger partial charge in [0.2, 0.25) is 23.5 Å². The number of ketones is 1. The highest BCUT2D eigenvalue weighted by molar-refractivity contribution is 5.93. The van der Waals surface area contributed by atoms with E-state index in [2.05, 4.69) is 16.7 Å². The third kappa shape index (κ3) is 6.41. The lowest BCUT2D eigenvalue weighted by molar-refractivity contribution is -0.174. The summed E-state index contributed by atoms with van der Waals surface area (Å²) in [5.74, 6) is -5.03. The van der Waals surface area contributed by atoms with Crippen LogP contribution in [0.2, 0.25) is 0 Å². The van der Waals surface area contributed by atoms with Crippen LogP contribution >= 0.6 is 0 Å². The van der Waals surface area contributed by atoms with E-state index < -0.39 is 59.5 Å². The summed E-state index contributed by atoms with van der Waals surface area (Å²) in [6, 6.07) is 0.212. The van der Waals surface area contributed by atoms with Crippen molar-refractivity contribution < 1.29 is 32.3 Å². The molecule has 4 rings (SSSR count). The van der Waals surface area contributed by atoms with E-state index in [9.17, 15) is 37.6 Å². The van der Waals surface area contributed by atoms with Gasteiger partial charge in [0.1, 0.15) is 12.1 Å². The monoisotopic (exact) mass is 552 g/mol. The lowest BCUT2D eigenvalue weighted by Gasteiger charge is -2.36. The first-order chi connectivity index (χ1) is 18.1. The van der Waals surface area contributed by atoms with E-state index in [1.165, 1.54) is 4.90 Å². The number of nitrogens with one attached hydrogen (secondary N) is 2. The van der Waals surface area contributed by atoms with Crippen LogP contribution in [0.4, 0.5) is 13.2 Å². The summed E-state index contributed by atoms with van der Waals surface area (Å²) >= 11 is 0. The van der Waals surface area contributed by atoms with E-state index in [0.29, 0.717) is 12.8 Å². The fourth-order valence-electron chi connectivity index (χ4n) is 6.75. The predicted molar refractivity (Wildman–Crippen MR) is 135 cm³/mol. The van der Waals surface area contributed by atoms with Crippen LogP contribution in [0.1, 0.15) is 85.0 Å². The van der Waals surface area contributed by atoms with Crippen molar-refractivity contribution in [2.45, 2.75) is 109 Å². The maximum absolute atomic E-state index is 13.8. The number of carbonyl (C=O) groups excluding carboxylic acids is 4. The number of hydrogen-bond donors (Lipinski definition) is 2. The Kier molecular flexibility index (Phi) is 8.08. The second kappa shape index (κ2) is 10.7. The molecule has 0 aromatic rings. The largest absolute Gasteiger partial charge is 0.449 e. The normalized spacial score (nSPS) is 29.6. The van der Waals surface area contributed by atoms with Crippen molar-refractivity contribution in [2.75, 3.05) is 6.54 Å². The Morgan fingerprint density at radius 2 is 1.79 bits per heavy atom. The van der Waals surface area contributed by atoms with Crippen LogP contribution in [0.3, 0.4) is 0 Å². The fourth-order valence-corrected chi connectivity index (χ4v) is 6.75. The van der Waals surface area contributed by atoms with E-state index in [1.54, 1.807) is 20.8 Å². The van der Waals surface area contributed by atoms with Gasteiger partial charge in [-0.15, -0.1) is 0 Å². The Hall–Kier alpha value is -2.64. The Morgan fingerprint density at radius 3 is 2.36 bits per heavy atom. The summed E-state index contributed by atoms with van der Waals surface area (Å²) in [6.45, 7) is 5.08. The molecule has 4 fully saturated rings. The van der Waals surface area contributed by atoms with Crippen LogP contribution < -0.4 is 10.6 Å². The number of nitrogens with zero attached hydrogens (tertiary/aromatic N) is 2. The average molecular weight is 553 g/mol. The van der Waals surface area contributed by atoms with Crippen LogP contribution in [0.15, 0.2) is 0 Å². The molecule has 2 aliphatic carbocycles. The summed E-state index contributed by atoms with van der Waals surface area (Å²) in [6.07, 6.45) is 0.821. The highest BCUT2D eigenvalue weighted by Crippen LogP contribution is 2.45. The fraction of sp³-hybridized carbons (Fsp3) is 0.821. The topological polar surface area (TPSA) is 119 Å². The lowest BCUT2D eigenvalue weighted by atomic mass is 9.76. The molecule has 39 heavy (non-hydrogen) atoms. The van der Waals surface area contributed by atoms with Gasteiger partial charge in [0.15, 0.2) is 0 Å². The number of Topliss-reactive ketones (excluding diaryl/α,β-unsaturated/α-hetero) is 1. The number of likely N-dealkylation sites (tertiary alicyclic amines) is 1. The van der Waals surface area contributed by atoms with Crippen molar-refractivity contribution in [2.24, 2.45) is 29.1 Å². The first-order valence-electron chi connectivity index (χ1n) is 14.1. The third-order valence-corrected chi connectivity index (χ3v) is 9.32. The van der Waals surface area contributed by atoms with Gasteiger partial charge in [-0.1, -0.05) is 33.6 Å². The average Bonchev–Trinajstić information content (AvgIpc) is 3.48. The number of piperidine rings is 1. The number of nitriles is 1. The van der Waals surface area contributed by atoms with Gasteiger partial charge in [-0.2, -0.15) is 18.4 Å². The van der Waals surface area contributed by atoms with Crippen molar-refractivity contribution in [1.82, 2.24) is 15.5 Å². The molecule has 0 radical (unpaired) electrons. The maximum atomic E-state index is 13.8. The van der Waals surface area contributed by atoms with Crippen molar-refractivity contribution >= 4 is 23.5 Å². The molecule has 216 valence electrons. The number of rotatable bonds is 7. The highest BCUT2D eigenvalue weighted by Gasteiger charge is 2.53. The molecule has 2 saturated carbocycles. The predicted octanol–water partition coefficient (Wildman–Crippen LogP) is 3.64. The van der Waals surface area contributed by atoms with Gasteiger partial charge in [-0.3, -0.25) is 19.2 Å². The second-order valence-corrected chi connectivity index (χ2v) is 13.1. The smallest absolute Gasteiger partial charge is 0.350 e. The van der Waals surface area contributed by atoms with E-state index in [4.69, 9.17) is 0 Å². The van der Waals surface area contributed by atoms with Crippen molar-refractivity contribution in [3.63, 3.8) is 0 Å². The molecule has 11 heteroatoms. The molecule has 2 aliphatic heterocycles. The zero-order chi connectivity index (χ0) is 28.8. The molecule has 4 aliphatic rings. The zero-order valence-electron chi connectivity index (χ0n) is 22.9. The van der Waals surface area contributed by atoms with Crippen molar-refractivity contribution in [1.29, 1.82) is 5.26 Å². The Labute approximate surface area is 227 Å². The summed E-state index contributed by atoms with van der Waals surface area (Å²) in [5.41, 5.74) is -1.04. The lowest BCUT2D eigenvalue weighted by Crippen LogP contribution is -2.54. The van der Waals surface area contributed by atoms with E-state index in [0.717, 1.165) is 38.5 Å². The van der Waals surface area contributed by atoms with Gasteiger partial charge in [-0.25, -0.2) is 0 Å². The molecule has 2 heterocycles. The molecule has 0 unspecified atom stereocenters. The van der Waals surface area contributed by atoms with Gasteiger partial charge >= 0.3 is 6.18 Å². The number of alkyl halides is 3. The minimum Gasteiger partial charge on any atom is -0.350 e. The second-order valence-electron chi connectivity index (χ2n) is 13.1. The molecule has 2 saturated heterocycles. The van der Waals surface area contributed by atoms with E-state index in [-0.39, 0.29) is 36.2 Å². The summed E-state index contributed by atoms with van der Waals surface area (Å²) in [5, 5.41) is 15.6. The Morgan fingerprint density at radius 1 is 1.13 bits per heavy atom. The van der Waals surface area contributed by atoms with Gasteiger partial charge in [0.25, 0.3) is 0 Å². The Bertz CT molecular complexity index is 1040. The number of amides is 3. The summed E-state index contributed by atoms with van der Waals surface area (Å²) in [4.78, 5) is 53.4. The molecule has 0 bridgehead atoms. The zero-order valence-corrected chi connectivity index (χ0v) is 22.9. The quantitative estimate of drug-likeness (QED) is 0.500. The first kappa shape index (κ1) is 29.3. The molecule has 1 spiro atoms. The standard InChI is InChI=1S/C28H39F3N4O4/c1-26(2,3)20(13-21(36)28(29,30)31)25(39)35-15-17-6-4-5-7-19(17)22(35)24(38)33-18(14-32)12-16-8-9-27(10-11-27)34-23(16)37/h16-20,22H,4-13,15H2,1-3H3,(H,33,38)(H,34,37)/t16-,17-,18-,19-,20+,22-/m0/s1. The number of fused-ring (bicyclic) bond motifs is 1. The SMILES string of the molecule is CC(C)(C)[C@H](CC(=O)C(F)(F)F)C(=O)N1C[C@@H]2CCCC[C@@H]2[C@H]1C(=O)N[C@H](C#N)C[C@@H]1CCC2(CC2)NC1=O. The van der Waals surface area contributed by atoms with Gasteiger partial charge in [0, 0.05) is 24.4 Å². The van der Waals surface area contributed by atoms with E-state index >= 15 is 0 Å². The summed E-state index contributed by atoms with van der Waals surface area (Å²) < 4.78 is 39.4. The molecule has 3 amide bonds. The van der Waals surface area contributed by atoms with Crippen molar-refractivity contribution in [3.05, 3.63) is 0 Å². The van der Waals surface area contributed by atoms with Gasteiger partial charge < -0.3 is 15.5 Å². The minimum absolute atomic E-state index is 0.0248. The molecule has 6 atom stereocenters. The van der Waals surface area contributed by atoms with Crippen LogP contribution in [0.5, 0.6) is 0 Å². The first-order valence-corrected chi connectivity index (χ1v) is 14.1. The van der Waals surface area contributed by atoms with Crippen LogP contribution in [-0.2, 0) is 19.2 Å². The molecular formula is C28H39F3N4O4. The number of halogens is 3. The number of hydrogen-bond acceptors (Lipinski definition) is 5.